The van der Waals surface area contributed by atoms with Gasteiger partial charge in [0, 0.05) is 65.3 Å². The lowest BCUT2D eigenvalue weighted by molar-refractivity contribution is 0.0314. The molecule has 1 amide bonds. The van der Waals surface area contributed by atoms with Crippen molar-refractivity contribution in [3.63, 3.8) is 0 Å². The number of amides is 1. The summed E-state index contributed by atoms with van der Waals surface area (Å²) < 4.78 is 10.7. The van der Waals surface area contributed by atoms with Crippen LogP contribution in [0.5, 0.6) is 0 Å². The van der Waals surface area contributed by atoms with Crippen LogP contribution in [0.2, 0.25) is 0 Å². The quantitative estimate of drug-likeness (QED) is 0.762. The summed E-state index contributed by atoms with van der Waals surface area (Å²) in [5.41, 5.74) is 0.234. The molecule has 7 nitrogen and oxygen atoms in total. The lowest BCUT2D eigenvalue weighted by Crippen LogP contribution is -2.47. The minimum absolute atomic E-state index is 0.0621. The molecule has 0 bridgehead atoms. The number of piperidine rings is 1. The molecule has 0 aliphatic carbocycles. The molecule has 3 heterocycles. The molecule has 1 aromatic rings. The predicted octanol–water partition coefficient (Wildman–Crippen LogP) is 0.924. The van der Waals surface area contributed by atoms with Crippen molar-refractivity contribution in [2.24, 2.45) is 11.3 Å². The molecule has 0 N–H and O–H groups in total. The first-order valence-corrected chi connectivity index (χ1v) is 8.95. The molecule has 2 fully saturated rings. The molecule has 138 valence electrons. The summed E-state index contributed by atoms with van der Waals surface area (Å²) in [4.78, 5) is 25.1. The minimum Gasteiger partial charge on any atom is -0.384 e. The number of hydrogen-bond donors (Lipinski definition) is 0. The summed E-state index contributed by atoms with van der Waals surface area (Å²) >= 11 is 0. The van der Waals surface area contributed by atoms with Gasteiger partial charge in [-0.25, -0.2) is 9.97 Å². The van der Waals surface area contributed by atoms with Crippen LogP contribution in [0, 0.1) is 11.3 Å². The van der Waals surface area contributed by atoms with Crippen LogP contribution >= 0.6 is 0 Å². The van der Waals surface area contributed by atoms with Gasteiger partial charge < -0.3 is 19.3 Å². The van der Waals surface area contributed by atoms with E-state index in [4.69, 9.17) is 9.47 Å². The molecule has 1 aromatic heterocycles. The van der Waals surface area contributed by atoms with Gasteiger partial charge in [-0.1, -0.05) is 0 Å². The third kappa shape index (κ3) is 3.99. The summed E-state index contributed by atoms with van der Waals surface area (Å²) in [6, 6.07) is 1.73. The third-order valence-electron chi connectivity index (χ3n) is 5.67. The first-order chi connectivity index (χ1) is 12.2. The SMILES string of the molecule is COCCN1C[C@@H](COC)C2(CCN(C(=O)c3ncccn3)CC2)C1. The van der Waals surface area contributed by atoms with Gasteiger partial charge in [0.2, 0.25) is 5.82 Å². The smallest absolute Gasteiger partial charge is 0.291 e. The van der Waals surface area contributed by atoms with E-state index in [1.807, 2.05) is 4.90 Å². The molecular formula is C18H28N4O3. The highest BCUT2D eigenvalue weighted by atomic mass is 16.5. The van der Waals surface area contributed by atoms with Crippen LogP contribution in [0.1, 0.15) is 23.5 Å². The Morgan fingerprint density at radius 3 is 2.60 bits per heavy atom. The lowest BCUT2D eigenvalue weighted by Gasteiger charge is -2.42. The Bertz CT molecular complexity index is 561. The second kappa shape index (κ2) is 8.21. The van der Waals surface area contributed by atoms with Gasteiger partial charge in [-0.15, -0.1) is 0 Å². The Morgan fingerprint density at radius 1 is 1.24 bits per heavy atom. The molecule has 2 aliphatic rings. The molecule has 0 saturated carbocycles. The van der Waals surface area contributed by atoms with Gasteiger partial charge in [0.15, 0.2) is 0 Å². The van der Waals surface area contributed by atoms with Gasteiger partial charge in [0.05, 0.1) is 13.2 Å². The van der Waals surface area contributed by atoms with Crippen molar-refractivity contribution in [3.05, 3.63) is 24.3 Å². The normalized spacial score (nSPS) is 23.3. The van der Waals surface area contributed by atoms with Crippen LogP contribution < -0.4 is 0 Å². The molecule has 25 heavy (non-hydrogen) atoms. The van der Waals surface area contributed by atoms with Gasteiger partial charge in [-0.3, -0.25) is 4.79 Å². The van der Waals surface area contributed by atoms with Gasteiger partial charge >= 0.3 is 0 Å². The maximum Gasteiger partial charge on any atom is 0.291 e. The molecule has 7 heteroatoms. The van der Waals surface area contributed by atoms with Crippen molar-refractivity contribution >= 4 is 5.91 Å². The molecule has 1 atom stereocenters. The van der Waals surface area contributed by atoms with E-state index in [2.05, 4.69) is 14.9 Å². The number of rotatable bonds is 6. The van der Waals surface area contributed by atoms with Gasteiger partial charge in [-0.2, -0.15) is 0 Å². The summed E-state index contributed by atoms with van der Waals surface area (Å²) in [5, 5.41) is 0. The number of aromatic nitrogens is 2. The van der Waals surface area contributed by atoms with Gasteiger partial charge in [0.1, 0.15) is 0 Å². The van der Waals surface area contributed by atoms with Gasteiger partial charge in [-0.05, 0) is 24.3 Å². The molecule has 0 radical (unpaired) electrons. The number of nitrogens with zero attached hydrogens (tertiary/aromatic N) is 4. The average Bonchev–Trinajstić information content (AvgIpc) is 2.98. The molecule has 0 aromatic carbocycles. The number of likely N-dealkylation sites (tertiary alicyclic amines) is 2. The largest absolute Gasteiger partial charge is 0.384 e. The van der Waals surface area contributed by atoms with Crippen molar-refractivity contribution < 1.29 is 14.3 Å². The maximum absolute atomic E-state index is 12.6. The standard InChI is InChI=1S/C18H28N4O3/c1-24-11-10-21-12-15(13-25-2)18(14-21)4-8-22(9-5-18)17(23)16-19-6-3-7-20-16/h3,6-7,15H,4-5,8-14H2,1-2H3/t15-/m0/s1. The molecule has 1 spiro atoms. The van der Waals surface area contributed by atoms with E-state index in [1.165, 1.54) is 0 Å². The number of carbonyl (C=O) groups excluding carboxylic acids is 1. The number of carbonyl (C=O) groups is 1. The van der Waals surface area contributed by atoms with E-state index in [-0.39, 0.29) is 11.3 Å². The Labute approximate surface area is 149 Å². The van der Waals surface area contributed by atoms with Crippen molar-refractivity contribution in [2.75, 3.05) is 60.2 Å². The zero-order valence-electron chi connectivity index (χ0n) is 15.2. The lowest BCUT2D eigenvalue weighted by atomic mass is 9.71. The molecule has 0 unspecified atom stereocenters. The van der Waals surface area contributed by atoms with Crippen molar-refractivity contribution in [3.8, 4) is 0 Å². The fourth-order valence-corrected chi connectivity index (χ4v) is 4.24. The van der Waals surface area contributed by atoms with Crippen LogP contribution in [0.4, 0.5) is 0 Å². The van der Waals surface area contributed by atoms with E-state index in [1.54, 1.807) is 32.7 Å². The zero-order valence-corrected chi connectivity index (χ0v) is 15.2. The average molecular weight is 348 g/mol. The zero-order chi connectivity index (χ0) is 17.7. The van der Waals surface area contributed by atoms with Crippen LogP contribution in [-0.4, -0.2) is 85.8 Å². The summed E-state index contributed by atoms with van der Waals surface area (Å²) in [6.45, 7) is 6.12. The predicted molar refractivity (Wildman–Crippen MR) is 93.3 cm³/mol. The maximum atomic E-state index is 12.6. The first-order valence-electron chi connectivity index (χ1n) is 8.95. The fourth-order valence-electron chi connectivity index (χ4n) is 4.24. The van der Waals surface area contributed by atoms with Crippen molar-refractivity contribution in [1.29, 1.82) is 0 Å². The Hall–Kier alpha value is -1.57. The van der Waals surface area contributed by atoms with Crippen molar-refractivity contribution in [2.45, 2.75) is 12.8 Å². The fraction of sp³-hybridized carbons (Fsp3) is 0.722. The summed E-state index contributed by atoms with van der Waals surface area (Å²) in [6.07, 6.45) is 5.24. The van der Waals surface area contributed by atoms with Gasteiger partial charge in [0.25, 0.3) is 5.91 Å². The Kier molecular flexibility index (Phi) is 5.98. The van der Waals surface area contributed by atoms with Crippen molar-refractivity contribution in [1.82, 2.24) is 19.8 Å². The van der Waals surface area contributed by atoms with Crippen LogP contribution in [-0.2, 0) is 9.47 Å². The van der Waals surface area contributed by atoms with E-state index in [0.29, 0.717) is 11.7 Å². The van der Waals surface area contributed by atoms with E-state index >= 15 is 0 Å². The Balaban J connectivity index is 1.63. The number of hydrogen-bond acceptors (Lipinski definition) is 6. The Morgan fingerprint density at radius 2 is 1.96 bits per heavy atom. The van der Waals surface area contributed by atoms with E-state index in [0.717, 1.165) is 58.8 Å². The van der Waals surface area contributed by atoms with Crippen LogP contribution in [0.15, 0.2) is 18.5 Å². The molecule has 2 aliphatic heterocycles. The first kappa shape index (κ1) is 18.2. The second-order valence-electron chi connectivity index (χ2n) is 7.11. The molecule has 3 rings (SSSR count). The highest BCUT2D eigenvalue weighted by Gasteiger charge is 2.48. The third-order valence-corrected chi connectivity index (χ3v) is 5.67. The highest BCUT2D eigenvalue weighted by molar-refractivity contribution is 5.90. The molecule has 2 saturated heterocycles. The highest BCUT2D eigenvalue weighted by Crippen LogP contribution is 2.44. The monoisotopic (exact) mass is 348 g/mol. The topological polar surface area (TPSA) is 67.8 Å². The van der Waals surface area contributed by atoms with Crippen LogP contribution in [0.25, 0.3) is 0 Å². The number of methoxy groups -OCH3 is 2. The number of ether oxygens (including phenoxy) is 2. The molecular weight excluding hydrogens is 320 g/mol. The minimum atomic E-state index is -0.0621. The van der Waals surface area contributed by atoms with E-state index in [9.17, 15) is 4.79 Å². The summed E-state index contributed by atoms with van der Waals surface area (Å²) in [7, 11) is 3.52. The van der Waals surface area contributed by atoms with E-state index < -0.39 is 0 Å². The van der Waals surface area contributed by atoms with Crippen LogP contribution in [0.3, 0.4) is 0 Å². The second-order valence-corrected chi connectivity index (χ2v) is 7.11. The summed E-state index contributed by atoms with van der Waals surface area (Å²) in [5.74, 6) is 0.743.